The Kier molecular flexibility index (Phi) is 4.80. The van der Waals surface area contributed by atoms with E-state index in [-0.39, 0.29) is 12.0 Å². The molecule has 0 aliphatic carbocycles. The lowest BCUT2D eigenvalue weighted by atomic mass is 10.2. The topological polar surface area (TPSA) is 60.5 Å². The number of hydrogen-bond acceptors (Lipinski definition) is 4. The molecule has 2 heterocycles. The van der Waals surface area contributed by atoms with Crippen LogP contribution < -0.4 is 10.1 Å². The van der Waals surface area contributed by atoms with E-state index in [4.69, 9.17) is 9.47 Å². The molecule has 1 aromatic heterocycles. The Morgan fingerprint density at radius 2 is 2.08 bits per heavy atom. The number of aromatic nitrogens is 1. The number of anilines is 1. The first kappa shape index (κ1) is 16.5. The van der Waals surface area contributed by atoms with Gasteiger partial charge in [-0.2, -0.15) is 0 Å². The zero-order valence-corrected chi connectivity index (χ0v) is 14.4. The number of pyridine rings is 1. The minimum Gasteiger partial charge on any atom is -0.491 e. The fourth-order valence-electron chi connectivity index (χ4n) is 3.02. The number of para-hydroxylation sites is 1. The standard InChI is InChI=1S/C21H20N2O3/c24-21(23-20-11-10-15-5-1-2-9-19(15)22-20)16-6-3-7-17(13-16)26-14-18-8-4-12-25-18/h1-3,5-7,9-11,13,18H,4,8,12,14H2,(H,22,23,24). The first-order valence-electron chi connectivity index (χ1n) is 8.79. The van der Waals surface area contributed by atoms with Crippen LogP contribution in [-0.4, -0.2) is 30.2 Å². The summed E-state index contributed by atoms with van der Waals surface area (Å²) in [5.41, 5.74) is 1.38. The zero-order valence-electron chi connectivity index (χ0n) is 14.4. The second-order valence-corrected chi connectivity index (χ2v) is 6.32. The number of ether oxygens (including phenoxy) is 2. The molecule has 26 heavy (non-hydrogen) atoms. The summed E-state index contributed by atoms with van der Waals surface area (Å²) in [7, 11) is 0. The van der Waals surface area contributed by atoms with Gasteiger partial charge in [-0.25, -0.2) is 4.98 Å². The van der Waals surface area contributed by atoms with Crippen molar-refractivity contribution < 1.29 is 14.3 Å². The molecule has 1 unspecified atom stereocenters. The monoisotopic (exact) mass is 348 g/mol. The molecule has 1 saturated heterocycles. The smallest absolute Gasteiger partial charge is 0.256 e. The molecule has 1 aliphatic heterocycles. The maximum absolute atomic E-state index is 12.5. The molecule has 0 radical (unpaired) electrons. The normalized spacial score (nSPS) is 16.5. The molecule has 1 N–H and O–H groups in total. The highest BCUT2D eigenvalue weighted by molar-refractivity contribution is 6.04. The molecule has 0 spiro atoms. The summed E-state index contributed by atoms with van der Waals surface area (Å²) in [4.78, 5) is 17.0. The predicted octanol–water partition coefficient (Wildman–Crippen LogP) is 4.04. The molecule has 0 bridgehead atoms. The van der Waals surface area contributed by atoms with Crippen molar-refractivity contribution in [1.29, 1.82) is 0 Å². The molecule has 1 fully saturated rings. The number of hydrogen-bond donors (Lipinski definition) is 1. The summed E-state index contributed by atoms with van der Waals surface area (Å²) in [6.07, 6.45) is 2.25. The van der Waals surface area contributed by atoms with Crippen LogP contribution in [0.4, 0.5) is 5.82 Å². The van der Waals surface area contributed by atoms with E-state index >= 15 is 0 Å². The van der Waals surface area contributed by atoms with Crippen LogP contribution >= 0.6 is 0 Å². The summed E-state index contributed by atoms with van der Waals surface area (Å²) in [6, 6.07) is 18.7. The summed E-state index contributed by atoms with van der Waals surface area (Å²) >= 11 is 0. The van der Waals surface area contributed by atoms with Crippen LogP contribution in [-0.2, 0) is 4.74 Å². The highest BCUT2D eigenvalue weighted by Crippen LogP contribution is 2.19. The van der Waals surface area contributed by atoms with E-state index in [1.54, 1.807) is 18.2 Å². The number of nitrogens with one attached hydrogen (secondary N) is 1. The van der Waals surface area contributed by atoms with Gasteiger partial charge in [0.05, 0.1) is 11.6 Å². The molecule has 1 atom stereocenters. The minimum absolute atomic E-state index is 0.147. The molecule has 4 rings (SSSR count). The lowest BCUT2D eigenvalue weighted by Gasteiger charge is -2.12. The largest absolute Gasteiger partial charge is 0.491 e. The quantitative estimate of drug-likeness (QED) is 0.756. The molecule has 5 nitrogen and oxygen atoms in total. The lowest BCUT2D eigenvalue weighted by Crippen LogP contribution is -2.17. The zero-order chi connectivity index (χ0) is 17.8. The van der Waals surface area contributed by atoms with Gasteiger partial charge in [-0.15, -0.1) is 0 Å². The first-order chi connectivity index (χ1) is 12.8. The van der Waals surface area contributed by atoms with Crippen molar-refractivity contribution in [2.75, 3.05) is 18.5 Å². The van der Waals surface area contributed by atoms with E-state index in [9.17, 15) is 4.79 Å². The predicted molar refractivity (Wildman–Crippen MR) is 101 cm³/mol. The molecular weight excluding hydrogens is 328 g/mol. The Balaban J connectivity index is 1.44. The molecular formula is C21H20N2O3. The molecule has 2 aromatic carbocycles. The van der Waals surface area contributed by atoms with Crippen LogP contribution in [0.25, 0.3) is 10.9 Å². The first-order valence-corrected chi connectivity index (χ1v) is 8.79. The van der Waals surface area contributed by atoms with E-state index in [2.05, 4.69) is 10.3 Å². The second-order valence-electron chi connectivity index (χ2n) is 6.32. The summed E-state index contributed by atoms with van der Waals surface area (Å²) < 4.78 is 11.3. The van der Waals surface area contributed by atoms with Crippen molar-refractivity contribution in [1.82, 2.24) is 4.98 Å². The molecule has 132 valence electrons. The maximum Gasteiger partial charge on any atom is 0.256 e. The number of rotatable bonds is 5. The molecule has 1 aliphatic rings. The van der Waals surface area contributed by atoms with Gasteiger partial charge < -0.3 is 14.8 Å². The van der Waals surface area contributed by atoms with Gasteiger partial charge in [0.15, 0.2) is 0 Å². The van der Waals surface area contributed by atoms with Crippen LogP contribution in [0.2, 0.25) is 0 Å². The number of amides is 1. The molecule has 5 heteroatoms. The third-order valence-corrected chi connectivity index (χ3v) is 4.40. The van der Waals surface area contributed by atoms with Crippen molar-refractivity contribution in [3.63, 3.8) is 0 Å². The SMILES string of the molecule is O=C(Nc1ccc2ccccc2n1)c1cccc(OCC2CCCO2)c1. The van der Waals surface area contributed by atoms with Gasteiger partial charge in [0.2, 0.25) is 0 Å². The van der Waals surface area contributed by atoms with Gasteiger partial charge in [0, 0.05) is 17.6 Å². The van der Waals surface area contributed by atoms with E-state index in [1.807, 2.05) is 42.5 Å². The van der Waals surface area contributed by atoms with Gasteiger partial charge in [0.25, 0.3) is 5.91 Å². The van der Waals surface area contributed by atoms with E-state index in [0.717, 1.165) is 30.4 Å². The van der Waals surface area contributed by atoms with Crippen molar-refractivity contribution in [3.8, 4) is 5.75 Å². The fourth-order valence-corrected chi connectivity index (χ4v) is 3.02. The molecule has 0 saturated carbocycles. The highest BCUT2D eigenvalue weighted by Gasteiger charge is 2.16. The van der Waals surface area contributed by atoms with Crippen LogP contribution in [0.5, 0.6) is 5.75 Å². The van der Waals surface area contributed by atoms with Crippen LogP contribution in [0.15, 0.2) is 60.7 Å². The van der Waals surface area contributed by atoms with Crippen molar-refractivity contribution in [3.05, 3.63) is 66.2 Å². The van der Waals surface area contributed by atoms with Gasteiger partial charge in [-0.3, -0.25) is 4.79 Å². The number of carbonyl (C=O) groups is 1. The van der Waals surface area contributed by atoms with E-state index in [0.29, 0.717) is 23.7 Å². The fraction of sp³-hybridized carbons (Fsp3) is 0.238. The third-order valence-electron chi connectivity index (χ3n) is 4.40. The highest BCUT2D eigenvalue weighted by atomic mass is 16.5. The Morgan fingerprint density at radius 1 is 1.15 bits per heavy atom. The average Bonchev–Trinajstić information content (AvgIpc) is 3.20. The van der Waals surface area contributed by atoms with Gasteiger partial charge in [-0.05, 0) is 49.2 Å². The summed E-state index contributed by atoms with van der Waals surface area (Å²) in [5, 5.41) is 3.88. The molecule has 1 amide bonds. The lowest BCUT2D eigenvalue weighted by molar-refractivity contribution is 0.0679. The number of fused-ring (bicyclic) bond motifs is 1. The van der Waals surface area contributed by atoms with Crippen molar-refractivity contribution in [2.45, 2.75) is 18.9 Å². The minimum atomic E-state index is -0.213. The van der Waals surface area contributed by atoms with Gasteiger partial charge in [-0.1, -0.05) is 24.3 Å². The summed E-state index contributed by atoms with van der Waals surface area (Å²) in [6.45, 7) is 1.31. The Morgan fingerprint density at radius 3 is 2.96 bits per heavy atom. The van der Waals surface area contributed by atoms with E-state index in [1.165, 1.54) is 0 Å². The Hall–Kier alpha value is -2.92. The Labute approximate surface area is 152 Å². The van der Waals surface area contributed by atoms with Crippen LogP contribution in [0.1, 0.15) is 23.2 Å². The van der Waals surface area contributed by atoms with Gasteiger partial charge >= 0.3 is 0 Å². The van der Waals surface area contributed by atoms with Crippen LogP contribution in [0, 0.1) is 0 Å². The second kappa shape index (κ2) is 7.54. The number of carbonyl (C=O) groups excluding carboxylic acids is 1. The Bertz CT molecular complexity index is 920. The third kappa shape index (κ3) is 3.83. The van der Waals surface area contributed by atoms with Crippen molar-refractivity contribution in [2.24, 2.45) is 0 Å². The average molecular weight is 348 g/mol. The maximum atomic E-state index is 12.5. The van der Waals surface area contributed by atoms with Gasteiger partial charge in [0.1, 0.15) is 18.2 Å². The molecule has 3 aromatic rings. The number of nitrogens with zero attached hydrogens (tertiary/aromatic N) is 1. The number of benzene rings is 2. The summed E-state index contributed by atoms with van der Waals surface area (Å²) in [5.74, 6) is 0.981. The van der Waals surface area contributed by atoms with Crippen LogP contribution in [0.3, 0.4) is 0 Å². The van der Waals surface area contributed by atoms with E-state index < -0.39 is 0 Å². The van der Waals surface area contributed by atoms with Crippen molar-refractivity contribution >= 4 is 22.6 Å².